The lowest BCUT2D eigenvalue weighted by atomic mass is 9.70. The van der Waals surface area contributed by atoms with Gasteiger partial charge in [-0.15, -0.1) is 0 Å². The quantitative estimate of drug-likeness (QED) is 0.376. The molecule has 2 saturated carbocycles. The van der Waals surface area contributed by atoms with E-state index in [4.69, 9.17) is 11.6 Å². The lowest BCUT2D eigenvalue weighted by molar-refractivity contribution is -0.145. The molecular formula is C10H11ClO3. The first kappa shape index (κ1) is 9.84. The van der Waals surface area contributed by atoms with Crippen LogP contribution in [0.3, 0.4) is 0 Å². The molecule has 3 nitrogen and oxygen atoms in total. The normalized spacial score (nSPS) is 39.2. The summed E-state index contributed by atoms with van der Waals surface area (Å²) < 4.78 is 0. The third kappa shape index (κ3) is 0.738. The Hall–Kier alpha value is -0.700. The van der Waals surface area contributed by atoms with Gasteiger partial charge in [-0.1, -0.05) is 13.8 Å². The molecule has 2 aliphatic rings. The molecule has 0 unspecified atom stereocenters. The second-order valence-corrected chi connectivity index (χ2v) is 5.03. The fourth-order valence-electron chi connectivity index (χ4n) is 3.02. The predicted octanol–water partition coefficient (Wildman–Crippen LogP) is 1.33. The van der Waals surface area contributed by atoms with Crippen molar-refractivity contribution < 1.29 is 14.4 Å². The van der Waals surface area contributed by atoms with Gasteiger partial charge >= 0.3 is 0 Å². The molecule has 76 valence electrons. The van der Waals surface area contributed by atoms with Crippen LogP contribution in [0.4, 0.5) is 0 Å². The number of hydrogen-bond acceptors (Lipinski definition) is 3. The zero-order chi connectivity index (χ0) is 10.7. The van der Waals surface area contributed by atoms with Crippen LogP contribution in [0.1, 0.15) is 26.7 Å². The van der Waals surface area contributed by atoms with Gasteiger partial charge in [0.25, 0.3) is 0 Å². The van der Waals surface area contributed by atoms with Gasteiger partial charge in [-0.25, -0.2) is 0 Å². The minimum absolute atomic E-state index is 0.308. The number of ketones is 2. The summed E-state index contributed by atoms with van der Waals surface area (Å²) in [4.78, 5) is 34.6. The second-order valence-electron chi connectivity index (χ2n) is 4.69. The molecule has 0 amide bonds. The average Bonchev–Trinajstić information content (AvgIpc) is 2.41. The molecule has 0 heterocycles. The van der Waals surface area contributed by atoms with Crippen molar-refractivity contribution in [1.82, 2.24) is 0 Å². The lowest BCUT2D eigenvalue weighted by Crippen LogP contribution is -2.42. The summed E-state index contributed by atoms with van der Waals surface area (Å²) in [7, 11) is 0. The zero-order valence-corrected chi connectivity index (χ0v) is 8.85. The minimum atomic E-state index is -1.23. The summed E-state index contributed by atoms with van der Waals surface area (Å²) in [5, 5.41) is -0.666. The molecule has 0 saturated heterocycles. The Morgan fingerprint density at radius 3 is 2.29 bits per heavy atom. The van der Waals surface area contributed by atoms with Crippen molar-refractivity contribution in [2.75, 3.05) is 0 Å². The number of carbonyl (C=O) groups excluding carboxylic acids is 3. The topological polar surface area (TPSA) is 51.2 Å². The summed E-state index contributed by atoms with van der Waals surface area (Å²) >= 11 is 5.50. The average molecular weight is 215 g/mol. The lowest BCUT2D eigenvalue weighted by Gasteiger charge is -2.31. The van der Waals surface area contributed by atoms with Crippen LogP contribution in [-0.2, 0) is 14.4 Å². The maximum Gasteiger partial charge on any atom is 0.236 e. The van der Waals surface area contributed by atoms with E-state index in [0.717, 1.165) is 0 Å². The van der Waals surface area contributed by atoms with Gasteiger partial charge in [-0.05, 0) is 29.9 Å². The molecular weight excluding hydrogens is 204 g/mol. The number of Topliss-reactive ketones (excluding diaryl/α,β-unsaturated/α-hetero) is 2. The molecule has 4 heteroatoms. The van der Waals surface area contributed by atoms with Crippen LogP contribution in [0.15, 0.2) is 0 Å². The third-order valence-electron chi connectivity index (χ3n) is 4.04. The van der Waals surface area contributed by atoms with Crippen molar-refractivity contribution in [3.05, 3.63) is 0 Å². The fraction of sp³-hybridized carbons (Fsp3) is 0.700. The Bertz CT molecular complexity index is 358. The van der Waals surface area contributed by atoms with Crippen LogP contribution in [0, 0.1) is 16.7 Å². The largest absolute Gasteiger partial charge is 0.291 e. The van der Waals surface area contributed by atoms with Crippen molar-refractivity contribution >= 4 is 28.4 Å². The minimum Gasteiger partial charge on any atom is -0.291 e. The number of carbonyl (C=O) groups is 3. The molecule has 0 N–H and O–H groups in total. The van der Waals surface area contributed by atoms with Crippen molar-refractivity contribution in [3.8, 4) is 0 Å². The number of fused-ring (bicyclic) bond motifs is 2. The molecule has 2 fully saturated rings. The molecule has 0 spiro atoms. The maximum atomic E-state index is 11.7. The molecule has 14 heavy (non-hydrogen) atoms. The predicted molar refractivity (Wildman–Crippen MR) is 49.8 cm³/mol. The third-order valence-corrected chi connectivity index (χ3v) is 4.37. The van der Waals surface area contributed by atoms with Gasteiger partial charge in [0.15, 0.2) is 0 Å². The smallest absolute Gasteiger partial charge is 0.236 e. The first-order valence-corrected chi connectivity index (χ1v) is 5.02. The van der Waals surface area contributed by atoms with Gasteiger partial charge in [0.2, 0.25) is 16.8 Å². The standard InChI is InChI=1S/C10H11ClO3/c1-9(2)5-3-4-10(9,8(11)14)7(13)6(5)12/h5H,3-4H2,1-2H3/t5-,10-/m1/s1. The summed E-state index contributed by atoms with van der Waals surface area (Å²) in [5.41, 5.74) is -1.82. The summed E-state index contributed by atoms with van der Waals surface area (Å²) in [6, 6.07) is 0. The van der Waals surface area contributed by atoms with Crippen molar-refractivity contribution in [2.24, 2.45) is 16.7 Å². The van der Waals surface area contributed by atoms with E-state index in [1.807, 2.05) is 0 Å². The Morgan fingerprint density at radius 2 is 2.00 bits per heavy atom. The number of hydrogen-bond donors (Lipinski definition) is 0. The van der Waals surface area contributed by atoms with Gasteiger partial charge in [0.05, 0.1) is 0 Å². The molecule has 2 bridgehead atoms. The first-order chi connectivity index (χ1) is 6.35. The highest BCUT2D eigenvalue weighted by Crippen LogP contribution is 2.63. The molecule has 0 aromatic carbocycles. The highest BCUT2D eigenvalue weighted by atomic mass is 35.5. The SMILES string of the molecule is CC1(C)[C@@H]2CC[C@]1(C(=O)Cl)C(=O)C2=O. The van der Waals surface area contributed by atoms with Crippen molar-refractivity contribution in [1.29, 1.82) is 0 Å². The van der Waals surface area contributed by atoms with Gasteiger partial charge in [0.1, 0.15) is 5.41 Å². The molecule has 0 aromatic rings. The van der Waals surface area contributed by atoms with Crippen LogP contribution < -0.4 is 0 Å². The van der Waals surface area contributed by atoms with E-state index in [0.29, 0.717) is 12.8 Å². The highest BCUT2D eigenvalue weighted by Gasteiger charge is 2.72. The van der Waals surface area contributed by atoms with E-state index >= 15 is 0 Å². The highest BCUT2D eigenvalue weighted by molar-refractivity contribution is 6.69. The number of halogens is 1. The van der Waals surface area contributed by atoms with E-state index < -0.39 is 27.6 Å². The van der Waals surface area contributed by atoms with E-state index in [-0.39, 0.29) is 5.92 Å². The monoisotopic (exact) mass is 214 g/mol. The van der Waals surface area contributed by atoms with E-state index in [2.05, 4.69) is 0 Å². The van der Waals surface area contributed by atoms with E-state index in [9.17, 15) is 14.4 Å². The summed E-state index contributed by atoms with van der Waals surface area (Å²) in [5.74, 6) is -1.29. The number of rotatable bonds is 1. The van der Waals surface area contributed by atoms with Gasteiger partial charge in [-0.3, -0.25) is 14.4 Å². The van der Waals surface area contributed by atoms with Crippen LogP contribution in [0.25, 0.3) is 0 Å². The molecule has 0 aliphatic heterocycles. The fourth-order valence-corrected chi connectivity index (χ4v) is 3.44. The Morgan fingerprint density at radius 1 is 1.43 bits per heavy atom. The van der Waals surface area contributed by atoms with Crippen molar-refractivity contribution in [2.45, 2.75) is 26.7 Å². The Kier molecular flexibility index (Phi) is 1.72. The van der Waals surface area contributed by atoms with Gasteiger partial charge in [0, 0.05) is 5.92 Å². The molecule has 0 aromatic heterocycles. The van der Waals surface area contributed by atoms with Gasteiger partial charge < -0.3 is 0 Å². The van der Waals surface area contributed by atoms with Crippen molar-refractivity contribution in [3.63, 3.8) is 0 Å². The van der Waals surface area contributed by atoms with Crippen LogP contribution in [0.5, 0.6) is 0 Å². The molecule has 2 aliphatic carbocycles. The zero-order valence-electron chi connectivity index (χ0n) is 8.09. The van der Waals surface area contributed by atoms with Crippen LogP contribution >= 0.6 is 11.6 Å². The second kappa shape index (κ2) is 2.45. The Labute approximate surface area is 86.8 Å². The summed E-state index contributed by atoms with van der Waals surface area (Å²) in [6.45, 7) is 3.57. The summed E-state index contributed by atoms with van der Waals surface area (Å²) in [6.07, 6.45) is 1.04. The van der Waals surface area contributed by atoms with Crippen LogP contribution in [0.2, 0.25) is 0 Å². The van der Waals surface area contributed by atoms with Gasteiger partial charge in [-0.2, -0.15) is 0 Å². The molecule has 2 rings (SSSR count). The molecule has 0 radical (unpaired) electrons. The van der Waals surface area contributed by atoms with Crippen LogP contribution in [-0.4, -0.2) is 16.8 Å². The molecule has 2 atom stereocenters. The first-order valence-electron chi connectivity index (χ1n) is 4.64. The maximum absolute atomic E-state index is 11.7. The Balaban J connectivity index is 2.65. The van der Waals surface area contributed by atoms with E-state index in [1.54, 1.807) is 13.8 Å². The van der Waals surface area contributed by atoms with E-state index in [1.165, 1.54) is 0 Å².